The van der Waals surface area contributed by atoms with Gasteiger partial charge in [-0.1, -0.05) is 49.6 Å². The van der Waals surface area contributed by atoms with Crippen LogP contribution in [0.5, 0.6) is 5.88 Å². The predicted octanol–water partition coefficient (Wildman–Crippen LogP) is 4.63. The van der Waals surface area contributed by atoms with Crippen LogP contribution in [0.2, 0.25) is 0 Å². The van der Waals surface area contributed by atoms with E-state index >= 15 is 0 Å². The molecule has 0 bridgehead atoms. The summed E-state index contributed by atoms with van der Waals surface area (Å²) in [6.07, 6.45) is 5.97. The number of aromatic amines is 1. The fourth-order valence-corrected chi connectivity index (χ4v) is 3.71. The molecule has 0 aliphatic heterocycles. The summed E-state index contributed by atoms with van der Waals surface area (Å²) in [5.74, 6) is 0.152. The van der Waals surface area contributed by atoms with Crippen molar-refractivity contribution in [2.24, 2.45) is 4.99 Å². The third-order valence-electron chi connectivity index (χ3n) is 4.97. The van der Waals surface area contributed by atoms with Gasteiger partial charge in [-0.15, -0.1) is 0 Å². The van der Waals surface area contributed by atoms with Crippen molar-refractivity contribution in [3.05, 3.63) is 59.7 Å². The Balaban J connectivity index is 1.90. The predicted molar refractivity (Wildman–Crippen MR) is 103 cm³/mol. The lowest BCUT2D eigenvalue weighted by Gasteiger charge is -2.19. The number of fused-ring (bicyclic) bond motifs is 1. The maximum absolute atomic E-state index is 10.6. The number of aromatic hydroxyl groups is 1. The molecule has 0 atom stereocenters. The molecule has 0 unspecified atom stereocenters. The van der Waals surface area contributed by atoms with E-state index in [0.717, 1.165) is 40.6 Å². The first-order valence-corrected chi connectivity index (χ1v) is 8.96. The number of aliphatic imine (C=N–C) groups is 1. The minimum Gasteiger partial charge on any atom is -0.494 e. The monoisotopic (exact) mass is 333 g/mol. The summed E-state index contributed by atoms with van der Waals surface area (Å²) in [5.41, 5.74) is 10.2. The van der Waals surface area contributed by atoms with Crippen molar-refractivity contribution in [1.82, 2.24) is 4.98 Å². The van der Waals surface area contributed by atoms with E-state index in [-0.39, 0.29) is 5.88 Å². The highest BCUT2D eigenvalue weighted by atomic mass is 16.3. The Morgan fingerprint density at radius 2 is 1.80 bits per heavy atom. The summed E-state index contributed by atoms with van der Waals surface area (Å²) in [4.78, 5) is 8.15. The number of rotatable bonds is 3. The maximum atomic E-state index is 10.6. The van der Waals surface area contributed by atoms with Crippen LogP contribution in [0.15, 0.2) is 53.5 Å². The molecule has 0 radical (unpaired) electrons. The normalized spacial score (nSPS) is 16.4. The van der Waals surface area contributed by atoms with Gasteiger partial charge in [-0.05, 0) is 31.0 Å². The summed E-state index contributed by atoms with van der Waals surface area (Å²) in [6.45, 7) is 0. The van der Waals surface area contributed by atoms with Gasteiger partial charge in [-0.2, -0.15) is 0 Å². The van der Waals surface area contributed by atoms with Gasteiger partial charge in [0, 0.05) is 22.2 Å². The van der Waals surface area contributed by atoms with Crippen LogP contribution >= 0.6 is 0 Å². The van der Waals surface area contributed by atoms with Crippen molar-refractivity contribution in [1.29, 1.82) is 0 Å². The zero-order valence-corrected chi connectivity index (χ0v) is 14.2. The molecular weight excluding hydrogens is 310 g/mol. The van der Waals surface area contributed by atoms with Gasteiger partial charge in [-0.3, -0.25) is 4.99 Å². The first kappa shape index (κ1) is 15.8. The number of hydrogen-bond acceptors (Lipinski definition) is 3. The van der Waals surface area contributed by atoms with Crippen LogP contribution in [0.1, 0.15) is 43.2 Å². The van der Waals surface area contributed by atoms with Gasteiger partial charge >= 0.3 is 0 Å². The smallest absolute Gasteiger partial charge is 0.199 e. The van der Waals surface area contributed by atoms with Gasteiger partial charge in [0.1, 0.15) is 0 Å². The number of nitrogens with zero attached hydrogens (tertiary/aromatic N) is 1. The van der Waals surface area contributed by atoms with E-state index in [4.69, 9.17) is 10.7 Å². The lowest BCUT2D eigenvalue weighted by atomic mass is 9.94. The molecule has 2 aromatic carbocycles. The highest BCUT2D eigenvalue weighted by molar-refractivity contribution is 6.21. The minimum absolute atomic E-state index is 0.152. The Labute approximate surface area is 147 Å². The molecule has 128 valence electrons. The second-order valence-corrected chi connectivity index (χ2v) is 6.79. The first-order chi connectivity index (χ1) is 12.2. The van der Waals surface area contributed by atoms with Gasteiger partial charge in [0.25, 0.3) is 0 Å². The second-order valence-electron chi connectivity index (χ2n) is 6.79. The van der Waals surface area contributed by atoms with Crippen LogP contribution in [-0.4, -0.2) is 21.8 Å². The molecule has 1 saturated carbocycles. The lowest BCUT2D eigenvalue weighted by Crippen LogP contribution is -2.14. The van der Waals surface area contributed by atoms with Crippen LogP contribution in [-0.2, 0) is 0 Å². The van der Waals surface area contributed by atoms with Gasteiger partial charge in [0.05, 0.1) is 17.3 Å². The molecule has 4 nitrogen and oxygen atoms in total. The van der Waals surface area contributed by atoms with Crippen molar-refractivity contribution in [3.63, 3.8) is 0 Å². The van der Waals surface area contributed by atoms with Crippen LogP contribution in [0.3, 0.4) is 0 Å². The van der Waals surface area contributed by atoms with E-state index in [1.54, 1.807) is 0 Å². The van der Waals surface area contributed by atoms with Crippen molar-refractivity contribution >= 4 is 22.3 Å². The molecule has 1 aliphatic carbocycles. The Kier molecular flexibility index (Phi) is 4.18. The second kappa shape index (κ2) is 6.63. The summed E-state index contributed by atoms with van der Waals surface area (Å²) >= 11 is 0. The Morgan fingerprint density at radius 1 is 1.04 bits per heavy atom. The third kappa shape index (κ3) is 3.12. The van der Waals surface area contributed by atoms with E-state index in [0.29, 0.717) is 11.7 Å². The molecule has 0 spiro atoms. The third-order valence-corrected chi connectivity index (χ3v) is 4.97. The van der Waals surface area contributed by atoms with Crippen molar-refractivity contribution in [2.45, 2.75) is 38.1 Å². The molecule has 0 amide bonds. The SMILES string of the molecule is Nc1ccc2[nH]c(O)c(C(=NC3CCCCC3)c3ccccc3)c2c1. The summed E-state index contributed by atoms with van der Waals surface area (Å²) in [5, 5.41) is 11.5. The number of nitrogen functional groups attached to an aromatic ring is 1. The molecule has 1 aromatic heterocycles. The molecule has 3 aromatic rings. The van der Waals surface area contributed by atoms with Crippen LogP contribution < -0.4 is 5.73 Å². The van der Waals surface area contributed by atoms with Gasteiger partial charge in [-0.25, -0.2) is 0 Å². The molecule has 1 fully saturated rings. The van der Waals surface area contributed by atoms with E-state index < -0.39 is 0 Å². The number of anilines is 1. The number of H-pyrrole nitrogens is 1. The van der Waals surface area contributed by atoms with E-state index in [9.17, 15) is 5.11 Å². The van der Waals surface area contributed by atoms with E-state index in [1.165, 1.54) is 19.3 Å². The topological polar surface area (TPSA) is 74.4 Å². The molecular formula is C21H23N3O. The Hall–Kier alpha value is -2.75. The number of benzene rings is 2. The summed E-state index contributed by atoms with van der Waals surface area (Å²) in [6, 6.07) is 16.1. The highest BCUT2D eigenvalue weighted by Gasteiger charge is 2.21. The molecule has 1 aliphatic rings. The van der Waals surface area contributed by atoms with Crippen LogP contribution in [0.4, 0.5) is 5.69 Å². The summed E-state index contributed by atoms with van der Waals surface area (Å²) < 4.78 is 0. The van der Waals surface area contributed by atoms with E-state index in [2.05, 4.69) is 4.98 Å². The minimum atomic E-state index is 0.152. The van der Waals surface area contributed by atoms with Crippen molar-refractivity contribution in [3.8, 4) is 5.88 Å². The standard InChI is InChI=1S/C21H23N3O/c22-15-11-12-18-17(13-15)19(21(25)24-18)20(14-7-3-1-4-8-14)23-16-9-5-2-6-10-16/h1,3-4,7-8,11-13,16,24-25H,2,5-6,9-10,22H2. The Morgan fingerprint density at radius 3 is 2.56 bits per heavy atom. The summed E-state index contributed by atoms with van der Waals surface area (Å²) in [7, 11) is 0. The number of aromatic nitrogens is 1. The zero-order valence-electron chi connectivity index (χ0n) is 14.2. The number of nitrogens with two attached hydrogens (primary N) is 1. The first-order valence-electron chi connectivity index (χ1n) is 8.96. The number of hydrogen-bond donors (Lipinski definition) is 3. The maximum Gasteiger partial charge on any atom is 0.199 e. The molecule has 4 rings (SSSR count). The van der Waals surface area contributed by atoms with Crippen LogP contribution in [0, 0.1) is 0 Å². The highest BCUT2D eigenvalue weighted by Crippen LogP contribution is 2.32. The van der Waals surface area contributed by atoms with Gasteiger partial charge in [0.15, 0.2) is 5.88 Å². The molecule has 0 saturated heterocycles. The van der Waals surface area contributed by atoms with Crippen LogP contribution in [0.25, 0.3) is 10.9 Å². The Bertz CT molecular complexity index is 906. The zero-order chi connectivity index (χ0) is 17.2. The largest absolute Gasteiger partial charge is 0.494 e. The fourth-order valence-electron chi connectivity index (χ4n) is 3.71. The fraction of sp³-hybridized carbons (Fsp3) is 0.286. The molecule has 4 N–H and O–H groups in total. The lowest BCUT2D eigenvalue weighted by molar-refractivity contribution is 0.442. The average Bonchev–Trinajstić information content (AvgIpc) is 2.96. The number of nitrogens with one attached hydrogen (secondary N) is 1. The van der Waals surface area contributed by atoms with Crippen molar-refractivity contribution in [2.75, 3.05) is 5.73 Å². The average molecular weight is 333 g/mol. The van der Waals surface area contributed by atoms with Crippen molar-refractivity contribution < 1.29 is 5.11 Å². The quantitative estimate of drug-likeness (QED) is 0.483. The van der Waals surface area contributed by atoms with E-state index in [1.807, 2.05) is 48.5 Å². The molecule has 1 heterocycles. The molecule has 4 heteroatoms. The molecule has 25 heavy (non-hydrogen) atoms. The van der Waals surface area contributed by atoms with Gasteiger partial charge < -0.3 is 15.8 Å². The van der Waals surface area contributed by atoms with Gasteiger partial charge in [0.2, 0.25) is 0 Å².